The van der Waals surface area contributed by atoms with E-state index in [0.29, 0.717) is 6.42 Å². The van der Waals surface area contributed by atoms with Crippen molar-refractivity contribution in [2.24, 2.45) is 5.92 Å². The number of benzene rings is 2. The van der Waals surface area contributed by atoms with Crippen molar-refractivity contribution in [2.45, 2.75) is 43.9 Å². The normalized spacial score (nSPS) is 12.0. The molecule has 0 saturated carbocycles. The summed E-state index contributed by atoms with van der Waals surface area (Å²) in [4.78, 5) is 26.4. The minimum absolute atomic E-state index is 0.0278. The van der Waals surface area contributed by atoms with Gasteiger partial charge in [0.2, 0.25) is 11.8 Å². The molecule has 0 fully saturated rings. The van der Waals surface area contributed by atoms with Gasteiger partial charge in [0.05, 0.1) is 9.79 Å². The van der Waals surface area contributed by atoms with Crippen LogP contribution in [0.25, 0.3) is 0 Å². The standard InChI is InChI=1S/C23H29NO6S2/c1-17(2)13-14-24(22(25)15-31(27,28)20-9-5-18(3)6-10-20)23(26)16-32(29,30)21-11-7-19(4)8-12-21/h5-12,17H,13-16H2,1-4H3. The van der Waals surface area contributed by atoms with Gasteiger partial charge in [0, 0.05) is 6.54 Å². The van der Waals surface area contributed by atoms with E-state index in [0.717, 1.165) is 16.0 Å². The molecule has 0 heterocycles. The summed E-state index contributed by atoms with van der Waals surface area (Å²) in [7, 11) is -7.97. The Balaban J connectivity index is 2.25. The maximum absolute atomic E-state index is 12.9. The topological polar surface area (TPSA) is 106 Å². The van der Waals surface area contributed by atoms with Gasteiger partial charge in [0.25, 0.3) is 0 Å². The summed E-state index contributed by atoms with van der Waals surface area (Å²) < 4.78 is 50.7. The zero-order valence-corrected chi connectivity index (χ0v) is 20.4. The summed E-state index contributed by atoms with van der Waals surface area (Å²) in [6.45, 7) is 7.34. The third-order valence-corrected chi connectivity index (χ3v) is 8.15. The van der Waals surface area contributed by atoms with Crippen molar-refractivity contribution in [1.29, 1.82) is 0 Å². The van der Waals surface area contributed by atoms with Gasteiger partial charge in [0.1, 0.15) is 11.5 Å². The molecule has 0 N–H and O–H groups in total. The second kappa shape index (κ2) is 10.4. The van der Waals surface area contributed by atoms with E-state index < -0.39 is 43.0 Å². The fraction of sp³-hybridized carbons (Fsp3) is 0.391. The Morgan fingerprint density at radius 2 is 1.06 bits per heavy atom. The van der Waals surface area contributed by atoms with Gasteiger partial charge in [-0.05, 0) is 50.5 Å². The molecular formula is C23H29NO6S2. The first kappa shape index (κ1) is 25.7. The highest BCUT2D eigenvalue weighted by Crippen LogP contribution is 2.16. The van der Waals surface area contributed by atoms with Gasteiger partial charge >= 0.3 is 0 Å². The van der Waals surface area contributed by atoms with Crippen molar-refractivity contribution in [3.05, 3.63) is 59.7 Å². The summed E-state index contributed by atoms with van der Waals surface area (Å²) >= 11 is 0. The third-order valence-electron chi connectivity index (χ3n) is 4.92. The minimum Gasteiger partial charge on any atom is -0.281 e. The summed E-state index contributed by atoms with van der Waals surface area (Å²) in [6.07, 6.45) is 0.423. The number of rotatable bonds is 9. The largest absolute Gasteiger partial charge is 0.281 e. The minimum atomic E-state index is -3.99. The SMILES string of the molecule is Cc1ccc(S(=O)(=O)CC(=O)N(CCC(C)C)C(=O)CS(=O)(=O)c2ccc(C)cc2)cc1. The van der Waals surface area contributed by atoms with Gasteiger partial charge in [-0.15, -0.1) is 0 Å². The Morgan fingerprint density at radius 1 is 0.719 bits per heavy atom. The summed E-state index contributed by atoms with van der Waals surface area (Å²) in [5, 5.41) is 0. The smallest absolute Gasteiger partial charge is 0.244 e. The van der Waals surface area contributed by atoms with Crippen molar-refractivity contribution >= 4 is 31.5 Å². The second-order valence-corrected chi connectivity index (χ2v) is 12.2. The van der Waals surface area contributed by atoms with Crippen LogP contribution in [0.1, 0.15) is 31.4 Å². The molecule has 2 rings (SSSR count). The van der Waals surface area contributed by atoms with Crippen LogP contribution < -0.4 is 0 Å². The molecule has 0 spiro atoms. The number of nitrogens with zero attached hydrogens (tertiary/aromatic N) is 1. The van der Waals surface area contributed by atoms with E-state index in [1.54, 1.807) is 24.3 Å². The molecule has 0 radical (unpaired) electrons. The molecule has 0 unspecified atom stereocenters. The first-order chi connectivity index (χ1) is 14.8. The average molecular weight is 480 g/mol. The molecule has 0 aliphatic rings. The summed E-state index contributed by atoms with van der Waals surface area (Å²) in [6, 6.07) is 12.1. The molecule has 9 heteroatoms. The number of hydrogen-bond donors (Lipinski definition) is 0. The molecule has 0 aromatic heterocycles. The number of carbonyl (C=O) groups excluding carboxylic acids is 2. The van der Waals surface area contributed by atoms with Crippen molar-refractivity contribution in [3.8, 4) is 0 Å². The van der Waals surface area contributed by atoms with E-state index in [-0.39, 0.29) is 22.3 Å². The zero-order chi connectivity index (χ0) is 24.1. The van der Waals surface area contributed by atoms with Gasteiger partial charge in [-0.3, -0.25) is 14.5 Å². The van der Waals surface area contributed by atoms with E-state index >= 15 is 0 Å². The Labute approximate surface area is 190 Å². The number of amides is 2. The van der Waals surface area contributed by atoms with E-state index in [1.807, 2.05) is 27.7 Å². The summed E-state index contributed by atoms with van der Waals surface area (Å²) in [5.41, 5.74) is 1.73. The van der Waals surface area contributed by atoms with Crippen molar-refractivity contribution in [3.63, 3.8) is 0 Å². The molecule has 0 atom stereocenters. The second-order valence-electron chi connectivity index (χ2n) is 8.27. The van der Waals surface area contributed by atoms with Crippen LogP contribution in [0.2, 0.25) is 0 Å². The van der Waals surface area contributed by atoms with Crippen molar-refractivity contribution < 1.29 is 26.4 Å². The van der Waals surface area contributed by atoms with E-state index in [2.05, 4.69) is 0 Å². The maximum Gasteiger partial charge on any atom is 0.244 e. The van der Waals surface area contributed by atoms with Crippen LogP contribution in [0.4, 0.5) is 0 Å². The van der Waals surface area contributed by atoms with Gasteiger partial charge in [-0.2, -0.15) is 0 Å². The quantitative estimate of drug-likeness (QED) is 0.547. The molecule has 7 nitrogen and oxygen atoms in total. The number of sulfone groups is 2. The Kier molecular flexibility index (Phi) is 8.36. The summed E-state index contributed by atoms with van der Waals surface area (Å²) in [5.74, 6) is -3.57. The number of carbonyl (C=O) groups is 2. The lowest BCUT2D eigenvalue weighted by Gasteiger charge is -2.22. The molecule has 2 aromatic carbocycles. The molecular weight excluding hydrogens is 450 g/mol. The predicted molar refractivity (Wildman–Crippen MR) is 123 cm³/mol. The van der Waals surface area contributed by atoms with E-state index in [9.17, 15) is 26.4 Å². The van der Waals surface area contributed by atoms with Crippen LogP contribution in [0.3, 0.4) is 0 Å². The van der Waals surface area contributed by atoms with Crippen LogP contribution >= 0.6 is 0 Å². The molecule has 2 aromatic rings. The number of imide groups is 1. The zero-order valence-electron chi connectivity index (χ0n) is 18.7. The van der Waals surface area contributed by atoms with Gasteiger partial charge < -0.3 is 0 Å². The van der Waals surface area contributed by atoms with Gasteiger partial charge in [0.15, 0.2) is 19.7 Å². The van der Waals surface area contributed by atoms with Crippen molar-refractivity contribution in [2.75, 3.05) is 18.1 Å². The van der Waals surface area contributed by atoms with Crippen LogP contribution in [-0.2, 0) is 29.3 Å². The highest BCUT2D eigenvalue weighted by molar-refractivity contribution is 7.92. The monoisotopic (exact) mass is 479 g/mol. The lowest BCUT2D eigenvalue weighted by molar-refractivity contribution is -0.141. The lowest BCUT2D eigenvalue weighted by Crippen LogP contribution is -2.44. The third kappa shape index (κ3) is 7.00. The van der Waals surface area contributed by atoms with E-state index in [1.165, 1.54) is 24.3 Å². The molecule has 174 valence electrons. The first-order valence-electron chi connectivity index (χ1n) is 10.2. The molecule has 0 aliphatic heterocycles. The number of hydrogen-bond acceptors (Lipinski definition) is 6. The Hall–Kier alpha value is -2.52. The molecule has 0 bridgehead atoms. The Bertz CT molecular complexity index is 1080. The fourth-order valence-corrected chi connectivity index (χ4v) is 5.31. The first-order valence-corrected chi connectivity index (χ1v) is 13.5. The van der Waals surface area contributed by atoms with Crippen molar-refractivity contribution in [1.82, 2.24) is 4.90 Å². The Morgan fingerprint density at radius 3 is 1.38 bits per heavy atom. The average Bonchev–Trinajstić information content (AvgIpc) is 2.67. The van der Waals surface area contributed by atoms with E-state index in [4.69, 9.17) is 0 Å². The fourth-order valence-electron chi connectivity index (χ4n) is 2.91. The van der Waals surface area contributed by atoms with Gasteiger partial charge in [-0.25, -0.2) is 16.8 Å². The number of aryl methyl sites for hydroxylation is 2. The predicted octanol–water partition coefficient (Wildman–Crippen LogP) is 2.95. The molecule has 2 amide bonds. The van der Waals surface area contributed by atoms with Crippen LogP contribution in [0, 0.1) is 19.8 Å². The van der Waals surface area contributed by atoms with Crippen LogP contribution in [0.15, 0.2) is 58.3 Å². The lowest BCUT2D eigenvalue weighted by atomic mass is 10.1. The maximum atomic E-state index is 12.9. The van der Waals surface area contributed by atoms with Crippen LogP contribution in [0.5, 0.6) is 0 Å². The van der Waals surface area contributed by atoms with Gasteiger partial charge in [-0.1, -0.05) is 49.2 Å². The van der Waals surface area contributed by atoms with Crippen LogP contribution in [-0.4, -0.2) is 51.6 Å². The highest BCUT2D eigenvalue weighted by atomic mass is 32.2. The highest BCUT2D eigenvalue weighted by Gasteiger charge is 2.30. The molecule has 32 heavy (non-hydrogen) atoms. The molecule has 0 aliphatic carbocycles. The molecule has 0 saturated heterocycles.